The summed E-state index contributed by atoms with van der Waals surface area (Å²) in [6.07, 6.45) is -0.549. The summed E-state index contributed by atoms with van der Waals surface area (Å²) >= 11 is 0. The van der Waals surface area contributed by atoms with Gasteiger partial charge in [0.1, 0.15) is 12.7 Å². The summed E-state index contributed by atoms with van der Waals surface area (Å²) < 4.78 is 5.34. The lowest BCUT2D eigenvalue weighted by atomic mass is 10.1. The van der Waals surface area contributed by atoms with Gasteiger partial charge in [-0.2, -0.15) is 0 Å². The molecule has 1 atom stereocenters. The number of ether oxygens (including phenoxy) is 1. The maximum absolute atomic E-state index is 10.6. The smallest absolute Gasteiger partial charge is 0.329 e. The highest BCUT2D eigenvalue weighted by Gasteiger charge is 2.10. The van der Waals surface area contributed by atoms with E-state index in [0.29, 0.717) is 0 Å². The highest BCUT2D eigenvalue weighted by atomic mass is 16.5. The minimum absolute atomic E-state index is 0.372. The second-order valence-corrected chi connectivity index (χ2v) is 4.13. The van der Waals surface area contributed by atoms with Crippen molar-refractivity contribution in [2.75, 3.05) is 6.61 Å². The van der Waals surface area contributed by atoms with Crippen molar-refractivity contribution in [2.45, 2.75) is 6.10 Å². The molecule has 0 bridgehead atoms. The van der Waals surface area contributed by atoms with Gasteiger partial charge in [-0.1, -0.05) is 60.4 Å². The van der Waals surface area contributed by atoms with Crippen LogP contribution in [-0.4, -0.2) is 17.7 Å². The molecule has 3 heteroatoms. The average Bonchev–Trinajstić information content (AvgIpc) is 2.49. The first-order valence-electron chi connectivity index (χ1n) is 6.20. The Kier molecular flexibility index (Phi) is 4.94. The lowest BCUT2D eigenvalue weighted by Gasteiger charge is -2.10. The van der Waals surface area contributed by atoms with Gasteiger partial charge in [0.2, 0.25) is 0 Å². The van der Waals surface area contributed by atoms with Crippen molar-refractivity contribution >= 4 is 5.97 Å². The number of carboxylic acid groups (broad SMARTS) is 1. The standard InChI is InChI=1S/C17H14O3/c18-17(19)13-20-16(15-9-5-2-6-10-15)12-11-14-7-3-1-4-8-14/h1-10,16H,13H2,(H,18,19). The van der Waals surface area contributed by atoms with Gasteiger partial charge < -0.3 is 9.84 Å². The van der Waals surface area contributed by atoms with Crippen LogP contribution in [0.2, 0.25) is 0 Å². The van der Waals surface area contributed by atoms with Crippen molar-refractivity contribution in [3.8, 4) is 11.8 Å². The normalized spacial score (nSPS) is 11.2. The van der Waals surface area contributed by atoms with Crippen LogP contribution in [-0.2, 0) is 9.53 Å². The molecule has 2 rings (SSSR count). The van der Waals surface area contributed by atoms with E-state index in [9.17, 15) is 4.79 Å². The molecule has 0 radical (unpaired) electrons. The third-order valence-electron chi connectivity index (χ3n) is 2.60. The Hall–Kier alpha value is -2.57. The topological polar surface area (TPSA) is 46.5 Å². The molecular formula is C17H14O3. The van der Waals surface area contributed by atoms with Gasteiger partial charge in [0.05, 0.1) is 0 Å². The van der Waals surface area contributed by atoms with E-state index in [-0.39, 0.29) is 6.61 Å². The van der Waals surface area contributed by atoms with Crippen LogP contribution in [0.1, 0.15) is 17.2 Å². The van der Waals surface area contributed by atoms with E-state index >= 15 is 0 Å². The summed E-state index contributed by atoms with van der Waals surface area (Å²) in [5, 5.41) is 8.72. The van der Waals surface area contributed by atoms with E-state index in [2.05, 4.69) is 11.8 Å². The fourth-order valence-electron chi connectivity index (χ4n) is 1.67. The van der Waals surface area contributed by atoms with Crippen molar-refractivity contribution in [1.82, 2.24) is 0 Å². The van der Waals surface area contributed by atoms with Crippen LogP contribution in [0.4, 0.5) is 0 Å². The van der Waals surface area contributed by atoms with Gasteiger partial charge in [-0.05, 0) is 17.7 Å². The monoisotopic (exact) mass is 266 g/mol. The first-order chi connectivity index (χ1) is 9.75. The molecule has 0 aliphatic heterocycles. The highest BCUT2D eigenvalue weighted by Crippen LogP contribution is 2.16. The predicted octanol–water partition coefficient (Wildman–Crippen LogP) is 2.88. The molecule has 0 aromatic heterocycles. The van der Waals surface area contributed by atoms with Crippen LogP contribution < -0.4 is 0 Å². The van der Waals surface area contributed by atoms with Crippen molar-refractivity contribution < 1.29 is 14.6 Å². The van der Waals surface area contributed by atoms with Crippen LogP contribution in [0.5, 0.6) is 0 Å². The zero-order chi connectivity index (χ0) is 14.2. The highest BCUT2D eigenvalue weighted by molar-refractivity contribution is 5.68. The molecule has 3 nitrogen and oxygen atoms in total. The van der Waals surface area contributed by atoms with Crippen LogP contribution in [0.15, 0.2) is 60.7 Å². The van der Waals surface area contributed by atoms with Crippen molar-refractivity contribution in [3.05, 3.63) is 71.8 Å². The van der Waals surface area contributed by atoms with Gasteiger partial charge >= 0.3 is 5.97 Å². The summed E-state index contributed by atoms with van der Waals surface area (Å²) in [5.74, 6) is 4.96. The van der Waals surface area contributed by atoms with Gasteiger partial charge in [-0.15, -0.1) is 0 Å². The van der Waals surface area contributed by atoms with Crippen LogP contribution in [0.25, 0.3) is 0 Å². The molecule has 1 unspecified atom stereocenters. The molecule has 0 spiro atoms. The minimum atomic E-state index is -1.01. The molecule has 0 heterocycles. The Morgan fingerprint density at radius 1 is 1.05 bits per heavy atom. The zero-order valence-corrected chi connectivity index (χ0v) is 10.8. The Bertz CT molecular complexity index is 609. The molecule has 0 saturated carbocycles. The van der Waals surface area contributed by atoms with Gasteiger partial charge in [0, 0.05) is 5.56 Å². The fourth-order valence-corrected chi connectivity index (χ4v) is 1.67. The lowest BCUT2D eigenvalue weighted by Crippen LogP contribution is -2.11. The van der Waals surface area contributed by atoms with E-state index in [4.69, 9.17) is 9.84 Å². The van der Waals surface area contributed by atoms with E-state index in [1.807, 2.05) is 60.7 Å². The molecule has 100 valence electrons. The van der Waals surface area contributed by atoms with Gasteiger partial charge in [0.15, 0.2) is 0 Å². The van der Waals surface area contributed by atoms with Gasteiger partial charge in [-0.25, -0.2) is 4.79 Å². The molecule has 0 aliphatic carbocycles. The number of benzene rings is 2. The van der Waals surface area contributed by atoms with E-state index in [1.165, 1.54) is 0 Å². The predicted molar refractivity (Wildman–Crippen MR) is 76.1 cm³/mol. The Balaban J connectivity index is 2.19. The first-order valence-corrected chi connectivity index (χ1v) is 6.20. The third-order valence-corrected chi connectivity index (χ3v) is 2.60. The number of hydrogen-bond donors (Lipinski definition) is 1. The summed E-state index contributed by atoms with van der Waals surface area (Å²) in [6.45, 7) is -0.372. The fraction of sp³-hybridized carbons (Fsp3) is 0.118. The van der Waals surface area contributed by atoms with E-state index < -0.39 is 12.1 Å². The van der Waals surface area contributed by atoms with Crippen LogP contribution >= 0.6 is 0 Å². The second kappa shape index (κ2) is 7.13. The Morgan fingerprint density at radius 2 is 1.65 bits per heavy atom. The number of aliphatic carboxylic acids is 1. The summed E-state index contributed by atoms with van der Waals surface area (Å²) in [4.78, 5) is 10.6. The quantitative estimate of drug-likeness (QED) is 0.865. The maximum atomic E-state index is 10.6. The molecule has 0 amide bonds. The number of carbonyl (C=O) groups is 1. The van der Waals surface area contributed by atoms with E-state index in [0.717, 1.165) is 11.1 Å². The first kappa shape index (κ1) is 13.9. The Morgan fingerprint density at radius 3 is 2.25 bits per heavy atom. The van der Waals surface area contributed by atoms with Crippen molar-refractivity contribution in [1.29, 1.82) is 0 Å². The summed E-state index contributed by atoms with van der Waals surface area (Å²) in [7, 11) is 0. The van der Waals surface area contributed by atoms with Crippen molar-refractivity contribution in [2.24, 2.45) is 0 Å². The average molecular weight is 266 g/mol. The molecule has 2 aromatic rings. The van der Waals surface area contributed by atoms with Gasteiger partial charge in [0.25, 0.3) is 0 Å². The van der Waals surface area contributed by atoms with E-state index in [1.54, 1.807) is 0 Å². The number of hydrogen-bond acceptors (Lipinski definition) is 2. The zero-order valence-electron chi connectivity index (χ0n) is 10.8. The molecule has 0 aliphatic rings. The molecule has 20 heavy (non-hydrogen) atoms. The van der Waals surface area contributed by atoms with Crippen LogP contribution in [0, 0.1) is 11.8 Å². The summed E-state index contributed by atoms with van der Waals surface area (Å²) in [6, 6.07) is 18.9. The third kappa shape index (κ3) is 4.27. The number of rotatable bonds is 4. The largest absolute Gasteiger partial charge is 0.480 e. The maximum Gasteiger partial charge on any atom is 0.329 e. The summed E-state index contributed by atoms with van der Waals surface area (Å²) in [5.41, 5.74) is 1.71. The SMILES string of the molecule is O=C(O)COC(C#Cc1ccccc1)c1ccccc1. The molecule has 0 saturated heterocycles. The molecule has 2 aromatic carbocycles. The second-order valence-electron chi connectivity index (χ2n) is 4.13. The lowest BCUT2D eigenvalue weighted by molar-refractivity contribution is -0.143. The molecule has 1 N–H and O–H groups in total. The Labute approximate surface area is 117 Å². The van der Waals surface area contributed by atoms with Crippen LogP contribution in [0.3, 0.4) is 0 Å². The van der Waals surface area contributed by atoms with Crippen molar-refractivity contribution in [3.63, 3.8) is 0 Å². The molecular weight excluding hydrogens is 252 g/mol. The molecule has 0 fully saturated rings. The number of carboxylic acids is 1. The van der Waals surface area contributed by atoms with Gasteiger partial charge in [-0.3, -0.25) is 0 Å². The minimum Gasteiger partial charge on any atom is -0.480 e.